The molecular weight excluding hydrogens is 292 g/mol. The second kappa shape index (κ2) is 7.20. The lowest BCUT2D eigenvalue weighted by Gasteiger charge is -2.16. The lowest BCUT2D eigenvalue weighted by atomic mass is 10.2. The summed E-state index contributed by atoms with van der Waals surface area (Å²) in [6, 6.07) is 2.14. The van der Waals surface area contributed by atoms with Gasteiger partial charge in [0.15, 0.2) is 0 Å². The summed E-state index contributed by atoms with van der Waals surface area (Å²) >= 11 is 0. The van der Waals surface area contributed by atoms with Gasteiger partial charge in [-0.05, 0) is 12.5 Å². The summed E-state index contributed by atoms with van der Waals surface area (Å²) in [5, 5.41) is 0. The van der Waals surface area contributed by atoms with Crippen LogP contribution in [-0.2, 0) is 10.0 Å². The maximum Gasteiger partial charge on any atom is 0.245 e. The Morgan fingerprint density at radius 1 is 1.33 bits per heavy atom. The normalized spacial score (nSPS) is 12.5. The van der Waals surface area contributed by atoms with Gasteiger partial charge in [-0.1, -0.05) is 19.3 Å². The minimum absolute atomic E-state index is 0.0698. The van der Waals surface area contributed by atoms with E-state index in [1.165, 1.54) is 26.4 Å². The maximum atomic E-state index is 12.4. The average molecular weight is 312 g/mol. The first-order valence-electron chi connectivity index (χ1n) is 6.39. The summed E-state index contributed by atoms with van der Waals surface area (Å²) < 4.78 is 37.5. The monoisotopic (exact) mass is 312 g/mol. The molecule has 21 heavy (non-hydrogen) atoms. The van der Waals surface area contributed by atoms with Gasteiger partial charge in [-0.2, -0.15) is 4.72 Å². The van der Waals surface area contributed by atoms with E-state index < -0.39 is 16.1 Å². The highest BCUT2D eigenvalue weighted by Crippen LogP contribution is 2.33. The zero-order valence-electron chi connectivity index (χ0n) is 12.3. The van der Waals surface area contributed by atoms with E-state index in [-0.39, 0.29) is 16.3 Å². The summed E-state index contributed by atoms with van der Waals surface area (Å²) in [4.78, 5) is -0.0698. The molecule has 7 heteroatoms. The Kier molecular flexibility index (Phi) is 5.88. The van der Waals surface area contributed by atoms with E-state index in [9.17, 15) is 8.42 Å². The molecule has 0 aliphatic rings. The SMILES string of the molecule is C#CC(CCC)NS(=O)(=O)c1cc(N)c(OC)cc1OC. The summed E-state index contributed by atoms with van der Waals surface area (Å²) in [7, 11) is -1.03. The Labute approximate surface area is 125 Å². The van der Waals surface area contributed by atoms with Crippen molar-refractivity contribution in [2.75, 3.05) is 20.0 Å². The number of sulfonamides is 1. The van der Waals surface area contributed by atoms with E-state index in [1.807, 2.05) is 6.92 Å². The van der Waals surface area contributed by atoms with Crippen LogP contribution in [0.5, 0.6) is 11.5 Å². The lowest BCUT2D eigenvalue weighted by Crippen LogP contribution is -2.33. The highest BCUT2D eigenvalue weighted by molar-refractivity contribution is 7.89. The number of hydrogen-bond donors (Lipinski definition) is 2. The van der Waals surface area contributed by atoms with E-state index in [0.29, 0.717) is 12.2 Å². The molecule has 3 N–H and O–H groups in total. The van der Waals surface area contributed by atoms with Crippen LogP contribution in [0.4, 0.5) is 5.69 Å². The van der Waals surface area contributed by atoms with Gasteiger partial charge in [0.05, 0.1) is 25.9 Å². The van der Waals surface area contributed by atoms with E-state index in [0.717, 1.165) is 6.42 Å². The van der Waals surface area contributed by atoms with Crippen molar-refractivity contribution in [3.05, 3.63) is 12.1 Å². The fraction of sp³-hybridized carbons (Fsp3) is 0.429. The van der Waals surface area contributed by atoms with Gasteiger partial charge in [0.25, 0.3) is 0 Å². The highest BCUT2D eigenvalue weighted by atomic mass is 32.2. The van der Waals surface area contributed by atoms with Crippen LogP contribution in [0.2, 0.25) is 0 Å². The number of nitrogens with one attached hydrogen (secondary N) is 1. The molecule has 0 amide bonds. The molecule has 0 bridgehead atoms. The lowest BCUT2D eigenvalue weighted by molar-refractivity contribution is 0.387. The van der Waals surface area contributed by atoms with Crippen molar-refractivity contribution < 1.29 is 17.9 Å². The molecule has 0 fully saturated rings. The van der Waals surface area contributed by atoms with Gasteiger partial charge < -0.3 is 15.2 Å². The Morgan fingerprint density at radius 3 is 2.43 bits per heavy atom. The third-order valence-electron chi connectivity index (χ3n) is 2.88. The summed E-state index contributed by atoms with van der Waals surface area (Å²) in [6.45, 7) is 1.92. The van der Waals surface area contributed by atoms with Crippen molar-refractivity contribution in [1.82, 2.24) is 4.72 Å². The van der Waals surface area contributed by atoms with Crippen LogP contribution in [0, 0.1) is 12.3 Å². The molecule has 1 aromatic carbocycles. The first-order valence-corrected chi connectivity index (χ1v) is 7.87. The first kappa shape index (κ1) is 17.1. The van der Waals surface area contributed by atoms with Gasteiger partial charge in [-0.15, -0.1) is 6.42 Å². The summed E-state index contributed by atoms with van der Waals surface area (Å²) in [5.74, 6) is 2.90. The molecule has 0 aliphatic heterocycles. The van der Waals surface area contributed by atoms with Crippen LogP contribution < -0.4 is 19.9 Å². The van der Waals surface area contributed by atoms with Gasteiger partial charge in [-0.3, -0.25) is 0 Å². The number of methoxy groups -OCH3 is 2. The van der Waals surface area contributed by atoms with E-state index >= 15 is 0 Å². The smallest absolute Gasteiger partial charge is 0.245 e. The van der Waals surface area contributed by atoms with Gasteiger partial charge in [0, 0.05) is 6.07 Å². The third kappa shape index (κ3) is 4.03. The number of nitrogens with two attached hydrogens (primary N) is 1. The first-order chi connectivity index (χ1) is 9.89. The minimum atomic E-state index is -3.84. The second-order valence-electron chi connectivity index (χ2n) is 4.37. The van der Waals surface area contributed by atoms with Crippen LogP contribution in [0.3, 0.4) is 0 Å². The van der Waals surface area contributed by atoms with Crippen molar-refractivity contribution >= 4 is 15.7 Å². The van der Waals surface area contributed by atoms with Crippen LogP contribution in [0.25, 0.3) is 0 Å². The topological polar surface area (TPSA) is 90.7 Å². The number of nitrogen functional groups attached to an aromatic ring is 1. The molecule has 1 atom stereocenters. The summed E-state index contributed by atoms with van der Waals surface area (Å²) in [6.07, 6.45) is 6.65. The molecule has 0 saturated heterocycles. The van der Waals surface area contributed by atoms with E-state index in [2.05, 4.69) is 10.6 Å². The number of benzene rings is 1. The van der Waals surface area contributed by atoms with Gasteiger partial charge in [0.1, 0.15) is 16.4 Å². The molecule has 116 valence electrons. The molecule has 0 aliphatic carbocycles. The van der Waals surface area contributed by atoms with Crippen molar-refractivity contribution in [3.63, 3.8) is 0 Å². The molecule has 1 rings (SSSR count). The van der Waals surface area contributed by atoms with E-state index in [1.54, 1.807) is 0 Å². The molecule has 0 heterocycles. The molecule has 0 spiro atoms. The van der Waals surface area contributed by atoms with Gasteiger partial charge >= 0.3 is 0 Å². The van der Waals surface area contributed by atoms with Gasteiger partial charge in [0.2, 0.25) is 10.0 Å². The average Bonchev–Trinajstić information content (AvgIpc) is 2.46. The minimum Gasteiger partial charge on any atom is -0.495 e. The van der Waals surface area contributed by atoms with Gasteiger partial charge in [-0.25, -0.2) is 8.42 Å². The van der Waals surface area contributed by atoms with Crippen LogP contribution >= 0.6 is 0 Å². The Balaban J connectivity index is 3.25. The molecular formula is C14H20N2O4S. The molecule has 6 nitrogen and oxygen atoms in total. The largest absolute Gasteiger partial charge is 0.495 e. The number of rotatable bonds is 7. The number of terminal acetylenes is 1. The van der Waals surface area contributed by atoms with Crippen molar-refractivity contribution in [3.8, 4) is 23.8 Å². The van der Waals surface area contributed by atoms with Crippen molar-refractivity contribution in [2.24, 2.45) is 0 Å². The number of anilines is 1. The highest BCUT2D eigenvalue weighted by Gasteiger charge is 2.24. The van der Waals surface area contributed by atoms with Crippen molar-refractivity contribution in [1.29, 1.82) is 0 Å². The molecule has 1 unspecified atom stereocenters. The Morgan fingerprint density at radius 2 is 1.95 bits per heavy atom. The Bertz CT molecular complexity index is 635. The zero-order chi connectivity index (χ0) is 16.0. The molecule has 0 radical (unpaired) electrons. The zero-order valence-corrected chi connectivity index (χ0v) is 13.2. The molecule has 0 saturated carbocycles. The van der Waals surface area contributed by atoms with Crippen LogP contribution in [-0.4, -0.2) is 28.7 Å². The third-order valence-corrected chi connectivity index (χ3v) is 4.37. The van der Waals surface area contributed by atoms with Crippen molar-refractivity contribution in [2.45, 2.75) is 30.7 Å². The van der Waals surface area contributed by atoms with Crippen LogP contribution in [0.15, 0.2) is 17.0 Å². The maximum absolute atomic E-state index is 12.4. The number of hydrogen-bond acceptors (Lipinski definition) is 5. The quantitative estimate of drug-likeness (QED) is 0.586. The second-order valence-corrected chi connectivity index (χ2v) is 6.06. The predicted octanol–water partition coefficient (Wildman–Crippen LogP) is 1.37. The predicted molar refractivity (Wildman–Crippen MR) is 81.8 cm³/mol. The Hall–Kier alpha value is -1.91. The summed E-state index contributed by atoms with van der Waals surface area (Å²) in [5.41, 5.74) is 5.96. The van der Waals surface area contributed by atoms with Crippen LogP contribution in [0.1, 0.15) is 19.8 Å². The molecule has 0 aromatic heterocycles. The standard InChI is InChI=1S/C14H20N2O4S/c1-5-7-10(6-2)16-21(17,18)14-8-11(15)12(19-3)9-13(14)20-4/h2,8-10,16H,5,7,15H2,1,3-4H3. The van der Waals surface area contributed by atoms with E-state index in [4.69, 9.17) is 21.6 Å². The molecule has 1 aromatic rings. The fourth-order valence-corrected chi connectivity index (χ4v) is 3.20. The number of ether oxygens (including phenoxy) is 2. The fourth-order valence-electron chi connectivity index (χ4n) is 1.82.